The van der Waals surface area contributed by atoms with Crippen molar-refractivity contribution in [2.75, 3.05) is 18.4 Å². The van der Waals surface area contributed by atoms with Crippen molar-refractivity contribution in [3.8, 4) is 23.3 Å². The first-order chi connectivity index (χ1) is 11.1. The summed E-state index contributed by atoms with van der Waals surface area (Å²) in [4.78, 5) is 11.8. The number of hydrogen-bond acceptors (Lipinski definition) is 6. The number of nitrogens with two attached hydrogens (primary N) is 2. The third-order valence-corrected chi connectivity index (χ3v) is 2.99. The summed E-state index contributed by atoms with van der Waals surface area (Å²) in [7, 11) is 0. The lowest BCUT2D eigenvalue weighted by Gasteiger charge is -2.07. The normalized spacial score (nSPS) is 10.0. The molecule has 0 aliphatic heterocycles. The Balaban J connectivity index is 2.29. The summed E-state index contributed by atoms with van der Waals surface area (Å²) in [5.41, 5.74) is 12.8. The van der Waals surface area contributed by atoms with Gasteiger partial charge >= 0.3 is 0 Å². The van der Waals surface area contributed by atoms with Crippen molar-refractivity contribution in [3.05, 3.63) is 29.7 Å². The lowest BCUT2D eigenvalue weighted by atomic mass is 10.1. The van der Waals surface area contributed by atoms with Gasteiger partial charge in [0.2, 0.25) is 17.7 Å². The first kappa shape index (κ1) is 16.7. The molecule has 7 heteroatoms. The summed E-state index contributed by atoms with van der Waals surface area (Å²) in [6.45, 7) is 2.43. The number of amides is 1. The molecule has 1 aromatic heterocycles. The van der Waals surface area contributed by atoms with Crippen LogP contribution in [0.5, 0.6) is 0 Å². The lowest BCUT2D eigenvalue weighted by molar-refractivity contribution is -0.116. The second kappa shape index (κ2) is 8.08. The van der Waals surface area contributed by atoms with Gasteiger partial charge in [-0.05, 0) is 31.2 Å². The van der Waals surface area contributed by atoms with Crippen molar-refractivity contribution < 1.29 is 9.21 Å². The standard InChI is InChI=1S/C16H19N5O2/c1-11-20-21-16(23-11)14-7-6-13(10-12(14)4-2-8-17)19-15(22)5-3-9-18/h6-7,10H,3,5,8-9,17-18H2,1H3,(H,19,22). The van der Waals surface area contributed by atoms with E-state index in [9.17, 15) is 4.79 Å². The maximum atomic E-state index is 11.8. The Labute approximate surface area is 134 Å². The molecule has 0 fully saturated rings. The topological polar surface area (TPSA) is 120 Å². The number of hydrogen-bond donors (Lipinski definition) is 3. The Bertz CT molecular complexity index is 742. The first-order valence-electron chi connectivity index (χ1n) is 7.27. The molecule has 0 saturated carbocycles. The van der Waals surface area contributed by atoms with Crippen LogP contribution >= 0.6 is 0 Å². The third kappa shape index (κ3) is 4.64. The van der Waals surface area contributed by atoms with E-state index in [1.807, 2.05) is 0 Å². The van der Waals surface area contributed by atoms with Crippen LogP contribution in [0.25, 0.3) is 11.5 Å². The first-order valence-corrected chi connectivity index (χ1v) is 7.27. The fraction of sp³-hybridized carbons (Fsp3) is 0.312. The molecular weight excluding hydrogens is 294 g/mol. The van der Waals surface area contributed by atoms with Crippen LogP contribution in [0.3, 0.4) is 0 Å². The Morgan fingerprint density at radius 3 is 2.83 bits per heavy atom. The van der Waals surface area contributed by atoms with Gasteiger partial charge in [-0.1, -0.05) is 11.8 Å². The number of anilines is 1. The van der Waals surface area contributed by atoms with Gasteiger partial charge in [-0.3, -0.25) is 4.79 Å². The van der Waals surface area contributed by atoms with Crippen LogP contribution in [0.2, 0.25) is 0 Å². The molecule has 0 atom stereocenters. The SMILES string of the molecule is Cc1nnc(-c2ccc(NC(=O)CCCN)cc2C#CCN)o1. The average Bonchev–Trinajstić information content (AvgIpc) is 2.97. The van der Waals surface area contributed by atoms with E-state index in [0.29, 0.717) is 48.0 Å². The molecular formula is C16H19N5O2. The number of aryl methyl sites for hydroxylation is 1. The molecule has 0 bridgehead atoms. The van der Waals surface area contributed by atoms with Gasteiger partial charge in [-0.15, -0.1) is 10.2 Å². The summed E-state index contributed by atoms with van der Waals surface area (Å²) < 4.78 is 5.44. The van der Waals surface area contributed by atoms with E-state index in [2.05, 4.69) is 27.4 Å². The van der Waals surface area contributed by atoms with Gasteiger partial charge in [0.05, 0.1) is 12.1 Å². The maximum Gasteiger partial charge on any atom is 0.248 e. The molecule has 2 rings (SSSR count). The molecule has 0 spiro atoms. The number of nitrogens with one attached hydrogen (secondary N) is 1. The second-order valence-corrected chi connectivity index (χ2v) is 4.83. The van der Waals surface area contributed by atoms with E-state index in [-0.39, 0.29) is 12.5 Å². The smallest absolute Gasteiger partial charge is 0.248 e. The van der Waals surface area contributed by atoms with Crippen molar-refractivity contribution >= 4 is 11.6 Å². The average molecular weight is 313 g/mol. The molecule has 1 amide bonds. The zero-order valence-corrected chi connectivity index (χ0v) is 12.9. The monoisotopic (exact) mass is 313 g/mol. The summed E-state index contributed by atoms with van der Waals surface area (Å²) in [5, 5.41) is 10.6. The fourth-order valence-corrected chi connectivity index (χ4v) is 1.95. The van der Waals surface area contributed by atoms with Gasteiger partial charge in [-0.25, -0.2) is 0 Å². The highest BCUT2D eigenvalue weighted by Crippen LogP contribution is 2.25. The molecule has 5 N–H and O–H groups in total. The minimum absolute atomic E-state index is 0.0884. The molecule has 0 radical (unpaired) electrons. The minimum atomic E-state index is -0.0884. The molecule has 120 valence electrons. The van der Waals surface area contributed by atoms with Crippen molar-refractivity contribution in [2.24, 2.45) is 11.5 Å². The number of carbonyl (C=O) groups is 1. The van der Waals surface area contributed by atoms with Crippen molar-refractivity contribution in [1.29, 1.82) is 0 Å². The van der Waals surface area contributed by atoms with Gasteiger partial charge in [0, 0.05) is 24.6 Å². The molecule has 23 heavy (non-hydrogen) atoms. The highest BCUT2D eigenvalue weighted by molar-refractivity contribution is 5.91. The van der Waals surface area contributed by atoms with Gasteiger partial charge in [0.1, 0.15) is 0 Å². The van der Waals surface area contributed by atoms with Gasteiger partial charge in [0.25, 0.3) is 0 Å². The Hall–Kier alpha value is -2.69. The Kier molecular flexibility index (Phi) is 5.86. The largest absolute Gasteiger partial charge is 0.421 e. The van der Waals surface area contributed by atoms with E-state index in [1.165, 1.54) is 0 Å². The molecule has 0 saturated heterocycles. The van der Waals surface area contributed by atoms with Crippen LogP contribution in [0.1, 0.15) is 24.3 Å². The highest BCUT2D eigenvalue weighted by Gasteiger charge is 2.12. The van der Waals surface area contributed by atoms with Gasteiger partial charge in [0.15, 0.2) is 0 Å². The fourth-order valence-electron chi connectivity index (χ4n) is 1.95. The van der Waals surface area contributed by atoms with Crippen LogP contribution in [0.4, 0.5) is 5.69 Å². The number of aromatic nitrogens is 2. The van der Waals surface area contributed by atoms with Crippen molar-refractivity contribution in [2.45, 2.75) is 19.8 Å². The molecule has 0 unspecified atom stereocenters. The van der Waals surface area contributed by atoms with Crippen LogP contribution in [0.15, 0.2) is 22.6 Å². The van der Waals surface area contributed by atoms with E-state index < -0.39 is 0 Å². The van der Waals surface area contributed by atoms with Gasteiger partial charge < -0.3 is 21.2 Å². The van der Waals surface area contributed by atoms with E-state index in [0.717, 1.165) is 0 Å². The second-order valence-electron chi connectivity index (χ2n) is 4.83. The van der Waals surface area contributed by atoms with Crippen molar-refractivity contribution in [3.63, 3.8) is 0 Å². The van der Waals surface area contributed by atoms with E-state index >= 15 is 0 Å². The van der Waals surface area contributed by atoms with Crippen LogP contribution in [-0.2, 0) is 4.79 Å². The molecule has 1 heterocycles. The maximum absolute atomic E-state index is 11.8. The summed E-state index contributed by atoms with van der Waals surface area (Å²) >= 11 is 0. The minimum Gasteiger partial charge on any atom is -0.421 e. The Morgan fingerprint density at radius 2 is 2.17 bits per heavy atom. The lowest BCUT2D eigenvalue weighted by Crippen LogP contribution is -2.13. The predicted molar refractivity (Wildman–Crippen MR) is 87.3 cm³/mol. The van der Waals surface area contributed by atoms with Gasteiger partial charge in [-0.2, -0.15) is 0 Å². The summed E-state index contributed by atoms with van der Waals surface area (Å²) in [5.74, 6) is 6.52. The van der Waals surface area contributed by atoms with Crippen LogP contribution < -0.4 is 16.8 Å². The molecule has 7 nitrogen and oxygen atoms in total. The number of nitrogens with zero attached hydrogens (tertiary/aromatic N) is 2. The highest BCUT2D eigenvalue weighted by atomic mass is 16.4. The van der Waals surface area contributed by atoms with E-state index in [4.69, 9.17) is 15.9 Å². The van der Waals surface area contributed by atoms with Crippen molar-refractivity contribution in [1.82, 2.24) is 10.2 Å². The predicted octanol–water partition coefficient (Wildman–Crippen LogP) is 1.03. The summed E-state index contributed by atoms with van der Waals surface area (Å²) in [6.07, 6.45) is 1.02. The molecule has 2 aromatic rings. The molecule has 0 aliphatic rings. The molecule has 0 aliphatic carbocycles. The third-order valence-electron chi connectivity index (χ3n) is 2.99. The molecule has 1 aromatic carbocycles. The summed E-state index contributed by atoms with van der Waals surface area (Å²) in [6, 6.07) is 5.31. The zero-order valence-electron chi connectivity index (χ0n) is 12.9. The van der Waals surface area contributed by atoms with Crippen LogP contribution in [0, 0.1) is 18.8 Å². The zero-order chi connectivity index (χ0) is 16.7. The number of carbonyl (C=O) groups excluding carboxylic acids is 1. The number of benzene rings is 1. The van der Waals surface area contributed by atoms with E-state index in [1.54, 1.807) is 25.1 Å². The number of rotatable bonds is 5. The van der Waals surface area contributed by atoms with Crippen LogP contribution in [-0.4, -0.2) is 29.2 Å². The quantitative estimate of drug-likeness (QED) is 0.709. The Morgan fingerprint density at radius 1 is 1.35 bits per heavy atom.